The Labute approximate surface area is 143 Å². The molecule has 2 aromatic rings. The van der Waals surface area contributed by atoms with Gasteiger partial charge in [-0.1, -0.05) is 25.1 Å². The molecule has 0 unspecified atom stereocenters. The van der Waals surface area contributed by atoms with Gasteiger partial charge in [-0.25, -0.2) is 4.68 Å². The number of aromatic nitrogens is 2. The van der Waals surface area contributed by atoms with Crippen molar-refractivity contribution in [3.63, 3.8) is 0 Å². The van der Waals surface area contributed by atoms with Gasteiger partial charge in [-0.2, -0.15) is 5.10 Å². The first-order chi connectivity index (χ1) is 11.9. The number of aliphatic carboxylic acids is 1. The molecule has 8 heteroatoms. The average molecular weight is 342 g/mol. The molecule has 1 aromatic heterocycles. The van der Waals surface area contributed by atoms with Gasteiger partial charge in [-0.15, -0.1) is 0 Å². The second-order valence-corrected chi connectivity index (χ2v) is 6.16. The number of rotatable bonds is 4. The monoisotopic (exact) mass is 342 g/mol. The largest absolute Gasteiger partial charge is 0.481 e. The fourth-order valence-electron chi connectivity index (χ4n) is 3.04. The number of amides is 2. The Bertz CT molecular complexity index is 830. The van der Waals surface area contributed by atoms with Gasteiger partial charge in [0.1, 0.15) is 5.69 Å². The van der Waals surface area contributed by atoms with Crippen LogP contribution in [0.4, 0.5) is 0 Å². The van der Waals surface area contributed by atoms with Crippen molar-refractivity contribution in [2.24, 2.45) is 17.6 Å². The predicted octanol–water partition coefficient (Wildman–Crippen LogP) is 0.764. The summed E-state index contributed by atoms with van der Waals surface area (Å²) in [6.07, 6.45) is 0. The van der Waals surface area contributed by atoms with Crippen molar-refractivity contribution in [3.05, 3.63) is 47.8 Å². The number of carbonyl (C=O) groups is 3. The molecule has 2 atom stereocenters. The zero-order valence-electron chi connectivity index (χ0n) is 13.6. The summed E-state index contributed by atoms with van der Waals surface area (Å²) in [5.41, 5.74) is 6.17. The molecule has 0 aliphatic carbocycles. The van der Waals surface area contributed by atoms with Gasteiger partial charge in [0.05, 0.1) is 11.6 Å². The topological polar surface area (TPSA) is 119 Å². The summed E-state index contributed by atoms with van der Waals surface area (Å²) in [6.45, 7) is 2.25. The van der Waals surface area contributed by atoms with Gasteiger partial charge in [0.2, 0.25) is 0 Å². The quantitative estimate of drug-likeness (QED) is 0.850. The van der Waals surface area contributed by atoms with Gasteiger partial charge < -0.3 is 15.7 Å². The minimum atomic E-state index is -0.921. The summed E-state index contributed by atoms with van der Waals surface area (Å²) in [7, 11) is 0. The van der Waals surface area contributed by atoms with E-state index in [1.54, 1.807) is 31.2 Å². The molecular weight excluding hydrogens is 324 g/mol. The van der Waals surface area contributed by atoms with Crippen LogP contribution in [0.5, 0.6) is 0 Å². The molecule has 0 spiro atoms. The van der Waals surface area contributed by atoms with Crippen molar-refractivity contribution in [3.8, 4) is 5.69 Å². The first-order valence-electron chi connectivity index (χ1n) is 7.86. The number of nitrogens with zero attached hydrogens (tertiary/aromatic N) is 3. The Balaban J connectivity index is 1.92. The molecule has 0 bridgehead atoms. The van der Waals surface area contributed by atoms with Crippen molar-refractivity contribution < 1.29 is 19.5 Å². The number of hydrogen-bond acceptors (Lipinski definition) is 4. The Hall–Kier alpha value is -3.16. The molecular formula is C17H18N4O4. The molecule has 1 aliphatic rings. The number of carbonyl (C=O) groups excluding carboxylic acids is 2. The van der Waals surface area contributed by atoms with Crippen LogP contribution in [-0.2, 0) is 4.79 Å². The van der Waals surface area contributed by atoms with Gasteiger partial charge in [-0.3, -0.25) is 14.4 Å². The molecule has 3 rings (SSSR count). The summed E-state index contributed by atoms with van der Waals surface area (Å²) >= 11 is 0. The van der Waals surface area contributed by atoms with E-state index >= 15 is 0 Å². The van der Waals surface area contributed by atoms with E-state index in [-0.39, 0.29) is 23.9 Å². The highest BCUT2D eigenvalue weighted by Gasteiger charge is 2.38. The van der Waals surface area contributed by atoms with Gasteiger partial charge >= 0.3 is 5.97 Å². The molecule has 3 N–H and O–H groups in total. The van der Waals surface area contributed by atoms with E-state index in [4.69, 9.17) is 5.73 Å². The van der Waals surface area contributed by atoms with E-state index in [1.165, 1.54) is 15.6 Å². The SMILES string of the molecule is C[C@@H]1CN(C(=O)c2cc(C(N)=O)n(-c3ccccc3)n2)C[C@H]1C(=O)O. The van der Waals surface area contributed by atoms with Crippen LogP contribution < -0.4 is 5.73 Å². The number of hydrogen-bond donors (Lipinski definition) is 2. The normalized spacial score (nSPS) is 19.8. The first-order valence-corrected chi connectivity index (χ1v) is 7.86. The number of para-hydroxylation sites is 1. The number of primary amides is 1. The highest BCUT2D eigenvalue weighted by Crippen LogP contribution is 2.25. The highest BCUT2D eigenvalue weighted by atomic mass is 16.4. The van der Waals surface area contributed by atoms with E-state index in [1.807, 2.05) is 6.07 Å². The zero-order valence-corrected chi connectivity index (χ0v) is 13.6. The Kier molecular flexibility index (Phi) is 4.26. The van der Waals surface area contributed by atoms with E-state index < -0.39 is 23.7 Å². The summed E-state index contributed by atoms with van der Waals surface area (Å²) < 4.78 is 1.32. The third-order valence-corrected chi connectivity index (χ3v) is 4.40. The molecule has 2 amide bonds. The lowest BCUT2D eigenvalue weighted by molar-refractivity contribution is -0.142. The van der Waals surface area contributed by atoms with Crippen LogP contribution in [0, 0.1) is 11.8 Å². The van der Waals surface area contributed by atoms with E-state index in [0.717, 1.165) is 0 Å². The van der Waals surface area contributed by atoms with E-state index in [9.17, 15) is 19.5 Å². The van der Waals surface area contributed by atoms with Crippen LogP contribution in [0.3, 0.4) is 0 Å². The zero-order chi connectivity index (χ0) is 18.1. The fraction of sp³-hybridized carbons (Fsp3) is 0.294. The van der Waals surface area contributed by atoms with Gasteiger partial charge in [0.15, 0.2) is 5.69 Å². The van der Waals surface area contributed by atoms with E-state index in [0.29, 0.717) is 12.2 Å². The Morgan fingerprint density at radius 1 is 1.20 bits per heavy atom. The van der Waals surface area contributed by atoms with Gasteiger partial charge in [0, 0.05) is 19.2 Å². The lowest BCUT2D eigenvalue weighted by Crippen LogP contribution is -2.30. The molecule has 1 saturated heterocycles. The van der Waals surface area contributed by atoms with Crippen molar-refractivity contribution in [1.29, 1.82) is 0 Å². The van der Waals surface area contributed by atoms with Crippen LogP contribution >= 0.6 is 0 Å². The van der Waals surface area contributed by atoms with Crippen LogP contribution in [0.1, 0.15) is 27.9 Å². The summed E-state index contributed by atoms with van der Waals surface area (Å²) in [4.78, 5) is 37.1. The first kappa shape index (κ1) is 16.7. The molecule has 130 valence electrons. The molecule has 2 heterocycles. The maximum atomic E-state index is 12.7. The standard InChI is InChI=1S/C17H18N4O4/c1-10-8-20(9-12(10)17(24)25)16(23)13-7-14(15(18)22)21(19-13)11-5-3-2-4-6-11/h2-7,10,12H,8-9H2,1H3,(H2,18,22)(H,24,25)/t10-,12-/m1/s1. The van der Waals surface area contributed by atoms with Crippen LogP contribution in [0.15, 0.2) is 36.4 Å². The number of benzene rings is 1. The van der Waals surface area contributed by atoms with Crippen LogP contribution in [-0.4, -0.2) is 50.7 Å². The third-order valence-electron chi connectivity index (χ3n) is 4.40. The second-order valence-electron chi connectivity index (χ2n) is 6.16. The maximum absolute atomic E-state index is 12.7. The molecule has 25 heavy (non-hydrogen) atoms. The fourth-order valence-corrected chi connectivity index (χ4v) is 3.04. The summed E-state index contributed by atoms with van der Waals surface area (Å²) in [6, 6.07) is 10.2. The van der Waals surface area contributed by atoms with Gasteiger partial charge in [0.25, 0.3) is 11.8 Å². The highest BCUT2D eigenvalue weighted by molar-refractivity contribution is 5.98. The second kappa shape index (κ2) is 6.39. The summed E-state index contributed by atoms with van der Waals surface area (Å²) in [5, 5.41) is 13.4. The smallest absolute Gasteiger partial charge is 0.308 e. The number of carboxylic acid groups (broad SMARTS) is 1. The van der Waals surface area contributed by atoms with Crippen molar-refractivity contribution in [2.75, 3.05) is 13.1 Å². The van der Waals surface area contributed by atoms with Crippen molar-refractivity contribution >= 4 is 17.8 Å². The van der Waals surface area contributed by atoms with Crippen LogP contribution in [0.2, 0.25) is 0 Å². The molecule has 0 saturated carbocycles. The lowest BCUT2D eigenvalue weighted by Gasteiger charge is -2.13. The molecule has 0 radical (unpaired) electrons. The molecule has 1 fully saturated rings. The average Bonchev–Trinajstić information content (AvgIpc) is 3.19. The van der Waals surface area contributed by atoms with Crippen molar-refractivity contribution in [2.45, 2.75) is 6.92 Å². The Morgan fingerprint density at radius 3 is 2.44 bits per heavy atom. The molecule has 8 nitrogen and oxygen atoms in total. The lowest BCUT2D eigenvalue weighted by atomic mass is 9.99. The predicted molar refractivity (Wildman–Crippen MR) is 88.3 cm³/mol. The van der Waals surface area contributed by atoms with E-state index in [2.05, 4.69) is 5.10 Å². The maximum Gasteiger partial charge on any atom is 0.308 e. The third kappa shape index (κ3) is 3.10. The Morgan fingerprint density at radius 2 is 1.88 bits per heavy atom. The number of likely N-dealkylation sites (tertiary alicyclic amines) is 1. The molecule has 1 aliphatic heterocycles. The number of carboxylic acids is 1. The minimum Gasteiger partial charge on any atom is -0.481 e. The van der Waals surface area contributed by atoms with Crippen molar-refractivity contribution in [1.82, 2.24) is 14.7 Å². The van der Waals surface area contributed by atoms with Gasteiger partial charge in [-0.05, 0) is 18.1 Å². The molecule has 1 aromatic carbocycles. The summed E-state index contributed by atoms with van der Waals surface area (Å²) in [5.74, 6) is -2.78. The number of nitrogens with two attached hydrogens (primary N) is 1. The minimum absolute atomic E-state index is 0.0656. The van der Waals surface area contributed by atoms with Crippen LogP contribution in [0.25, 0.3) is 5.69 Å².